The molecule has 0 amide bonds. The zero-order valence-corrected chi connectivity index (χ0v) is 5.04. The maximum absolute atomic E-state index is 9.64. The Labute approximate surface area is 48.5 Å². The zero-order chi connectivity index (χ0) is 5.54. The van der Waals surface area contributed by atoms with Gasteiger partial charge in [0.1, 0.15) is 6.29 Å². The van der Waals surface area contributed by atoms with Crippen LogP contribution in [0.3, 0.4) is 0 Å². The van der Waals surface area contributed by atoms with Crippen molar-refractivity contribution in [2.75, 3.05) is 11.5 Å². The Balaban J connectivity index is 2.56. The number of hydrogen-bond acceptors (Lipinski definition) is 2. The van der Waals surface area contributed by atoms with E-state index in [4.69, 9.17) is 0 Å². The molecule has 0 fully saturated rings. The molecule has 41 valence electrons. The van der Waals surface area contributed by atoms with Gasteiger partial charge in [0, 0.05) is 5.75 Å². The van der Waals surface area contributed by atoms with Crippen LogP contribution in [0.2, 0.25) is 0 Å². The monoisotopic (exact) mass is 117 g/mol. The van der Waals surface area contributed by atoms with E-state index < -0.39 is 0 Å². The van der Waals surface area contributed by atoms with Crippen LogP contribution in [0.4, 0.5) is 0 Å². The molecule has 0 bridgehead atoms. The van der Waals surface area contributed by atoms with Crippen molar-refractivity contribution in [1.29, 1.82) is 0 Å². The number of carbonyl (C=O) groups is 1. The molecule has 0 aliphatic heterocycles. The van der Waals surface area contributed by atoms with Crippen LogP contribution >= 0.6 is 11.8 Å². The molecule has 0 saturated heterocycles. The van der Waals surface area contributed by atoms with Crippen molar-refractivity contribution < 1.29 is 4.79 Å². The molecule has 0 spiro atoms. The molecule has 2 heteroatoms. The van der Waals surface area contributed by atoms with Crippen molar-refractivity contribution in [3.05, 3.63) is 6.92 Å². The summed E-state index contributed by atoms with van der Waals surface area (Å²) in [6.45, 7) is 3.62. The molecule has 0 aliphatic carbocycles. The molecule has 0 unspecified atom stereocenters. The van der Waals surface area contributed by atoms with Crippen molar-refractivity contribution in [2.24, 2.45) is 0 Å². The highest BCUT2D eigenvalue weighted by Crippen LogP contribution is 1.97. The van der Waals surface area contributed by atoms with E-state index >= 15 is 0 Å². The summed E-state index contributed by atoms with van der Waals surface area (Å²) in [7, 11) is 0. The fourth-order valence-corrected chi connectivity index (χ4v) is 0.701. The van der Waals surface area contributed by atoms with E-state index in [0.717, 1.165) is 18.5 Å². The topological polar surface area (TPSA) is 17.1 Å². The quantitative estimate of drug-likeness (QED) is 0.406. The van der Waals surface area contributed by atoms with Crippen LogP contribution in [0.1, 0.15) is 6.42 Å². The minimum absolute atomic E-state index is 0.621. The average molecular weight is 117 g/mol. The van der Waals surface area contributed by atoms with E-state index in [9.17, 15) is 4.79 Å². The average Bonchev–Trinajstić information content (AvgIpc) is 1.69. The molecule has 0 N–H and O–H groups in total. The van der Waals surface area contributed by atoms with Gasteiger partial charge in [-0.2, -0.15) is 11.8 Å². The van der Waals surface area contributed by atoms with E-state index in [1.54, 1.807) is 11.8 Å². The van der Waals surface area contributed by atoms with Gasteiger partial charge in [0.05, 0.1) is 0 Å². The highest BCUT2D eigenvalue weighted by Gasteiger charge is 1.79. The van der Waals surface area contributed by atoms with Crippen LogP contribution in [0, 0.1) is 6.92 Å². The first-order chi connectivity index (χ1) is 3.41. The van der Waals surface area contributed by atoms with Gasteiger partial charge in [-0.3, -0.25) is 0 Å². The van der Waals surface area contributed by atoms with Crippen molar-refractivity contribution in [1.82, 2.24) is 0 Å². The minimum atomic E-state index is 0.621. The lowest BCUT2D eigenvalue weighted by atomic mass is 10.6. The van der Waals surface area contributed by atoms with E-state index in [1.165, 1.54) is 0 Å². The van der Waals surface area contributed by atoms with Gasteiger partial charge in [-0.05, 0) is 12.2 Å². The maximum atomic E-state index is 9.64. The third-order valence-corrected chi connectivity index (χ3v) is 1.42. The molecule has 0 aromatic rings. The third-order valence-electron chi connectivity index (χ3n) is 0.475. The number of aldehydes is 1. The Morgan fingerprint density at radius 1 is 1.71 bits per heavy atom. The summed E-state index contributed by atoms with van der Waals surface area (Å²) in [5, 5.41) is 0. The van der Waals surface area contributed by atoms with E-state index in [0.29, 0.717) is 5.75 Å². The maximum Gasteiger partial charge on any atom is 0.129 e. The van der Waals surface area contributed by atoms with E-state index in [2.05, 4.69) is 6.92 Å². The number of hydrogen-bond donors (Lipinski definition) is 0. The fourth-order valence-electron chi connectivity index (χ4n) is 0.234. The second-order valence-corrected chi connectivity index (χ2v) is 2.24. The summed E-state index contributed by atoms with van der Waals surface area (Å²) in [5.74, 6) is 1.62. The molecule has 1 nitrogen and oxygen atoms in total. The first-order valence-electron chi connectivity index (χ1n) is 2.22. The van der Waals surface area contributed by atoms with E-state index in [1.807, 2.05) is 0 Å². The van der Waals surface area contributed by atoms with Crippen LogP contribution in [0.5, 0.6) is 0 Å². The summed E-state index contributed by atoms with van der Waals surface area (Å²) < 4.78 is 0. The lowest BCUT2D eigenvalue weighted by Gasteiger charge is -1.86. The van der Waals surface area contributed by atoms with Gasteiger partial charge in [-0.15, -0.1) is 0 Å². The van der Waals surface area contributed by atoms with Crippen molar-refractivity contribution in [3.63, 3.8) is 0 Å². The Morgan fingerprint density at radius 2 is 2.43 bits per heavy atom. The van der Waals surface area contributed by atoms with Gasteiger partial charge < -0.3 is 4.79 Å². The first kappa shape index (κ1) is 7.02. The second-order valence-electron chi connectivity index (χ2n) is 1.10. The molecule has 0 aliphatic rings. The van der Waals surface area contributed by atoms with Crippen molar-refractivity contribution >= 4 is 18.0 Å². The number of thioether (sulfide) groups is 1. The highest BCUT2D eigenvalue weighted by molar-refractivity contribution is 7.99. The van der Waals surface area contributed by atoms with Crippen LogP contribution < -0.4 is 0 Å². The molecule has 0 saturated carbocycles. The molecule has 0 atom stereocenters. The minimum Gasteiger partial charge on any atom is -0.302 e. The molecule has 1 radical (unpaired) electrons. The molecule has 7 heavy (non-hydrogen) atoms. The Hall–Kier alpha value is 0.0200. The summed E-state index contributed by atoms with van der Waals surface area (Å²) in [5.41, 5.74) is 0. The largest absolute Gasteiger partial charge is 0.302 e. The SMILES string of the molecule is [CH2]CCSCC=O. The second kappa shape index (κ2) is 6.02. The van der Waals surface area contributed by atoms with Gasteiger partial charge in [-0.1, -0.05) is 6.92 Å². The van der Waals surface area contributed by atoms with Gasteiger partial charge in [-0.25, -0.2) is 0 Å². The summed E-state index contributed by atoms with van der Waals surface area (Å²) in [6.07, 6.45) is 1.83. The van der Waals surface area contributed by atoms with E-state index in [-0.39, 0.29) is 0 Å². The van der Waals surface area contributed by atoms with Crippen molar-refractivity contribution in [2.45, 2.75) is 6.42 Å². The molecular weight excluding hydrogens is 108 g/mol. The molecule has 0 rings (SSSR count). The lowest BCUT2D eigenvalue weighted by Crippen LogP contribution is -1.79. The lowest BCUT2D eigenvalue weighted by molar-refractivity contribution is -0.105. The van der Waals surface area contributed by atoms with Gasteiger partial charge in [0.25, 0.3) is 0 Å². The summed E-state index contributed by atoms with van der Waals surface area (Å²) >= 11 is 1.62. The predicted octanol–water partition coefficient (Wildman–Crippen LogP) is 1.14. The normalized spacial score (nSPS) is 8.71. The van der Waals surface area contributed by atoms with Crippen LogP contribution in [-0.4, -0.2) is 17.8 Å². The van der Waals surface area contributed by atoms with Gasteiger partial charge >= 0.3 is 0 Å². The molecule has 0 heterocycles. The van der Waals surface area contributed by atoms with Crippen molar-refractivity contribution in [3.8, 4) is 0 Å². The summed E-state index contributed by atoms with van der Waals surface area (Å²) in [6, 6.07) is 0. The van der Waals surface area contributed by atoms with Crippen LogP contribution in [0.15, 0.2) is 0 Å². The number of rotatable bonds is 4. The molecule has 0 aromatic carbocycles. The molecular formula is C5H9OS. The van der Waals surface area contributed by atoms with Crippen LogP contribution in [-0.2, 0) is 4.79 Å². The zero-order valence-electron chi connectivity index (χ0n) is 4.22. The third kappa shape index (κ3) is 6.02. The predicted molar refractivity (Wildman–Crippen MR) is 33.4 cm³/mol. The van der Waals surface area contributed by atoms with Gasteiger partial charge in [0.15, 0.2) is 0 Å². The van der Waals surface area contributed by atoms with Crippen LogP contribution in [0.25, 0.3) is 0 Å². The standard InChI is InChI=1S/C5H9OS/c1-2-4-7-5-3-6/h3H,1-2,4-5H2. The Bertz CT molecular complexity index is 45.3. The summed E-state index contributed by atoms with van der Waals surface area (Å²) in [4.78, 5) is 9.64. The Morgan fingerprint density at radius 3 is 2.86 bits per heavy atom. The smallest absolute Gasteiger partial charge is 0.129 e. The highest BCUT2D eigenvalue weighted by atomic mass is 32.2. The Kier molecular flexibility index (Phi) is 6.04. The number of carbonyl (C=O) groups excluding carboxylic acids is 1. The molecule has 0 aromatic heterocycles. The first-order valence-corrected chi connectivity index (χ1v) is 3.38. The van der Waals surface area contributed by atoms with Gasteiger partial charge in [0.2, 0.25) is 0 Å². The fraction of sp³-hybridized carbons (Fsp3) is 0.600.